The van der Waals surface area contributed by atoms with Gasteiger partial charge in [0.25, 0.3) is 0 Å². The van der Waals surface area contributed by atoms with Crippen molar-refractivity contribution >= 4 is 0 Å². The van der Waals surface area contributed by atoms with Crippen molar-refractivity contribution in [3.63, 3.8) is 0 Å². The van der Waals surface area contributed by atoms with Gasteiger partial charge in [0, 0.05) is 6.42 Å². The van der Waals surface area contributed by atoms with E-state index in [0.717, 1.165) is 25.0 Å². The summed E-state index contributed by atoms with van der Waals surface area (Å²) in [6.45, 7) is 2.85. The van der Waals surface area contributed by atoms with Gasteiger partial charge in [-0.15, -0.1) is 0 Å². The van der Waals surface area contributed by atoms with Gasteiger partial charge in [0.05, 0.1) is 0 Å². The Labute approximate surface area is 126 Å². The molecule has 2 heteroatoms. The SMILES string of the molecule is Cc1cccc(CC(CN)CC2Cc3ccccc3O2)c1. The van der Waals surface area contributed by atoms with Crippen molar-refractivity contribution in [1.82, 2.24) is 0 Å². The van der Waals surface area contributed by atoms with Crippen LogP contribution in [0.3, 0.4) is 0 Å². The van der Waals surface area contributed by atoms with E-state index in [-0.39, 0.29) is 6.10 Å². The molecule has 2 atom stereocenters. The Balaban J connectivity index is 1.61. The second kappa shape index (κ2) is 6.31. The highest BCUT2D eigenvalue weighted by Gasteiger charge is 2.25. The number of fused-ring (bicyclic) bond motifs is 1. The average molecular weight is 281 g/mol. The van der Waals surface area contributed by atoms with Crippen LogP contribution >= 0.6 is 0 Å². The van der Waals surface area contributed by atoms with E-state index in [1.165, 1.54) is 16.7 Å². The zero-order valence-corrected chi connectivity index (χ0v) is 12.6. The zero-order chi connectivity index (χ0) is 14.7. The number of hydrogen-bond donors (Lipinski definition) is 1. The lowest BCUT2D eigenvalue weighted by Crippen LogP contribution is -2.25. The van der Waals surface area contributed by atoms with Gasteiger partial charge in [-0.1, -0.05) is 48.0 Å². The number of rotatable bonds is 5. The van der Waals surface area contributed by atoms with Crippen molar-refractivity contribution in [1.29, 1.82) is 0 Å². The van der Waals surface area contributed by atoms with Gasteiger partial charge in [-0.2, -0.15) is 0 Å². The van der Waals surface area contributed by atoms with Gasteiger partial charge in [-0.3, -0.25) is 0 Å². The molecule has 1 aliphatic heterocycles. The van der Waals surface area contributed by atoms with Crippen LogP contribution in [0.4, 0.5) is 0 Å². The van der Waals surface area contributed by atoms with E-state index in [2.05, 4.69) is 49.4 Å². The number of benzene rings is 2. The molecule has 1 aliphatic rings. The molecule has 2 aromatic rings. The van der Waals surface area contributed by atoms with Crippen molar-refractivity contribution in [3.05, 3.63) is 65.2 Å². The number of nitrogens with two attached hydrogens (primary N) is 1. The molecule has 3 rings (SSSR count). The van der Waals surface area contributed by atoms with Crippen molar-refractivity contribution < 1.29 is 4.74 Å². The van der Waals surface area contributed by atoms with E-state index in [1.54, 1.807) is 0 Å². The highest BCUT2D eigenvalue weighted by molar-refractivity contribution is 5.37. The summed E-state index contributed by atoms with van der Waals surface area (Å²) in [4.78, 5) is 0. The Morgan fingerprint density at radius 2 is 2.05 bits per heavy atom. The molecule has 0 fully saturated rings. The van der Waals surface area contributed by atoms with Crippen molar-refractivity contribution in [2.45, 2.75) is 32.3 Å². The first-order valence-corrected chi connectivity index (χ1v) is 7.75. The molecule has 0 amide bonds. The molecular weight excluding hydrogens is 258 g/mol. The van der Waals surface area contributed by atoms with Crippen LogP contribution in [0.15, 0.2) is 48.5 Å². The van der Waals surface area contributed by atoms with Gasteiger partial charge in [0.15, 0.2) is 0 Å². The van der Waals surface area contributed by atoms with Gasteiger partial charge < -0.3 is 10.5 Å². The molecule has 0 radical (unpaired) electrons. The quantitative estimate of drug-likeness (QED) is 0.910. The topological polar surface area (TPSA) is 35.2 Å². The normalized spacial score (nSPS) is 18.1. The second-order valence-corrected chi connectivity index (χ2v) is 6.08. The zero-order valence-electron chi connectivity index (χ0n) is 12.6. The summed E-state index contributed by atoms with van der Waals surface area (Å²) in [6, 6.07) is 17.1. The highest BCUT2D eigenvalue weighted by Crippen LogP contribution is 2.31. The van der Waals surface area contributed by atoms with Crippen LogP contribution < -0.4 is 10.5 Å². The summed E-state index contributed by atoms with van der Waals surface area (Å²) < 4.78 is 6.05. The standard InChI is InChI=1S/C19H23NO/c1-14-5-4-6-15(9-14)10-16(13-20)11-18-12-17-7-2-3-8-19(17)21-18/h2-9,16,18H,10-13,20H2,1H3. The number of aryl methyl sites for hydroxylation is 1. The number of ether oxygens (including phenoxy) is 1. The van der Waals surface area contributed by atoms with Crippen molar-refractivity contribution in [3.8, 4) is 5.75 Å². The fraction of sp³-hybridized carbons (Fsp3) is 0.368. The van der Waals surface area contributed by atoms with Gasteiger partial charge in [0.1, 0.15) is 11.9 Å². The molecule has 110 valence electrons. The van der Waals surface area contributed by atoms with E-state index >= 15 is 0 Å². The smallest absolute Gasteiger partial charge is 0.123 e. The van der Waals surface area contributed by atoms with Crippen molar-refractivity contribution in [2.75, 3.05) is 6.54 Å². The lowest BCUT2D eigenvalue weighted by atomic mass is 9.92. The van der Waals surface area contributed by atoms with Crippen LogP contribution in [0.25, 0.3) is 0 Å². The maximum atomic E-state index is 6.05. The van der Waals surface area contributed by atoms with Gasteiger partial charge >= 0.3 is 0 Å². The Morgan fingerprint density at radius 1 is 1.19 bits per heavy atom. The largest absolute Gasteiger partial charge is 0.490 e. The van der Waals surface area contributed by atoms with Crippen LogP contribution in [-0.2, 0) is 12.8 Å². The fourth-order valence-electron chi connectivity index (χ4n) is 3.19. The van der Waals surface area contributed by atoms with Gasteiger partial charge in [-0.05, 0) is 49.4 Å². The van der Waals surface area contributed by atoms with Crippen LogP contribution in [0.2, 0.25) is 0 Å². The molecule has 21 heavy (non-hydrogen) atoms. The van der Waals surface area contributed by atoms with Gasteiger partial charge in [0.2, 0.25) is 0 Å². The van der Waals surface area contributed by atoms with E-state index in [0.29, 0.717) is 12.5 Å². The highest BCUT2D eigenvalue weighted by atomic mass is 16.5. The van der Waals surface area contributed by atoms with E-state index < -0.39 is 0 Å². The molecule has 0 bridgehead atoms. The van der Waals surface area contributed by atoms with E-state index in [4.69, 9.17) is 10.5 Å². The minimum atomic E-state index is 0.278. The molecule has 0 saturated heterocycles. The maximum Gasteiger partial charge on any atom is 0.123 e. The van der Waals surface area contributed by atoms with Crippen LogP contribution in [-0.4, -0.2) is 12.6 Å². The average Bonchev–Trinajstić information content (AvgIpc) is 2.89. The lowest BCUT2D eigenvalue weighted by molar-refractivity contribution is 0.194. The molecule has 2 nitrogen and oxygen atoms in total. The molecule has 2 N–H and O–H groups in total. The Morgan fingerprint density at radius 3 is 2.81 bits per heavy atom. The molecular formula is C19H23NO. The molecule has 0 spiro atoms. The Bertz CT molecular complexity index is 583. The third-order valence-electron chi connectivity index (χ3n) is 4.25. The first kappa shape index (κ1) is 14.2. The first-order valence-electron chi connectivity index (χ1n) is 7.75. The number of hydrogen-bond acceptors (Lipinski definition) is 2. The van der Waals surface area contributed by atoms with Crippen LogP contribution in [0.5, 0.6) is 5.75 Å². The first-order chi connectivity index (χ1) is 10.2. The Hall–Kier alpha value is -1.80. The molecule has 1 heterocycles. The lowest BCUT2D eigenvalue weighted by Gasteiger charge is -2.19. The van der Waals surface area contributed by atoms with E-state index in [9.17, 15) is 0 Å². The van der Waals surface area contributed by atoms with Crippen molar-refractivity contribution in [2.24, 2.45) is 11.7 Å². The van der Waals surface area contributed by atoms with Gasteiger partial charge in [-0.25, -0.2) is 0 Å². The third-order valence-corrected chi connectivity index (χ3v) is 4.25. The predicted molar refractivity (Wildman–Crippen MR) is 86.6 cm³/mol. The summed E-state index contributed by atoms with van der Waals surface area (Å²) in [7, 11) is 0. The summed E-state index contributed by atoms with van der Waals surface area (Å²) in [5.74, 6) is 1.53. The molecule has 0 saturated carbocycles. The summed E-state index contributed by atoms with van der Waals surface area (Å²) in [6.07, 6.45) is 3.36. The molecule has 0 aliphatic carbocycles. The number of para-hydroxylation sites is 1. The Kier molecular flexibility index (Phi) is 4.26. The summed E-state index contributed by atoms with van der Waals surface area (Å²) >= 11 is 0. The van der Waals surface area contributed by atoms with Crippen LogP contribution in [0, 0.1) is 12.8 Å². The third kappa shape index (κ3) is 3.45. The molecule has 2 aromatic carbocycles. The molecule has 2 unspecified atom stereocenters. The maximum absolute atomic E-state index is 6.05. The minimum absolute atomic E-state index is 0.278. The van der Waals surface area contributed by atoms with E-state index in [1.807, 2.05) is 6.07 Å². The second-order valence-electron chi connectivity index (χ2n) is 6.08. The predicted octanol–water partition coefficient (Wildman–Crippen LogP) is 3.51. The summed E-state index contributed by atoms with van der Waals surface area (Å²) in [5, 5.41) is 0. The summed E-state index contributed by atoms with van der Waals surface area (Å²) in [5.41, 5.74) is 10.0. The van der Waals surface area contributed by atoms with Crippen LogP contribution in [0.1, 0.15) is 23.1 Å². The fourth-order valence-corrected chi connectivity index (χ4v) is 3.19. The monoisotopic (exact) mass is 281 g/mol. The molecule has 0 aromatic heterocycles. The minimum Gasteiger partial charge on any atom is -0.490 e.